The van der Waals surface area contributed by atoms with E-state index < -0.39 is 136 Å². The standard InChI is InChI=1S/C42H27N3O16/c46-27-19-20-24(32(51)40(59)36(55)28(20)47)44(23(19)31(50)39(58)35(27)54)13-6-8-17-15(10-13)16-11-14(7-9-18(16)43(17)12-4-2-1-3-5-12)45-25-21(29(48)37(56)41(60)33(25)52)22-26(45)34(53)42(61)38(57)30(22)49/h1-11,46-61H. The zero-order valence-corrected chi connectivity index (χ0v) is 30.3. The van der Waals surface area contributed by atoms with E-state index in [0.717, 1.165) is 9.13 Å². The summed E-state index contributed by atoms with van der Waals surface area (Å²) in [6.07, 6.45) is 0. The van der Waals surface area contributed by atoms with Crippen molar-refractivity contribution in [2.24, 2.45) is 0 Å². The Bertz CT molecular complexity index is 3290. The van der Waals surface area contributed by atoms with Crippen LogP contribution in [0.25, 0.3) is 82.5 Å². The van der Waals surface area contributed by atoms with Crippen LogP contribution in [0.15, 0.2) is 66.7 Å². The van der Waals surface area contributed by atoms with Crippen molar-refractivity contribution < 1.29 is 81.7 Å². The molecule has 0 saturated carbocycles. The van der Waals surface area contributed by atoms with Crippen LogP contribution in [0.4, 0.5) is 0 Å². The lowest BCUT2D eigenvalue weighted by Gasteiger charge is -2.13. The summed E-state index contributed by atoms with van der Waals surface area (Å²) in [5, 5.41) is 172. The van der Waals surface area contributed by atoms with E-state index in [0.29, 0.717) is 27.5 Å². The number of phenolic OH excluding ortho intramolecular Hbond substituents is 16. The molecule has 0 aliphatic carbocycles. The fourth-order valence-electron chi connectivity index (χ4n) is 8.43. The zero-order chi connectivity index (χ0) is 43.4. The van der Waals surface area contributed by atoms with Gasteiger partial charge in [0, 0.05) is 27.8 Å². The summed E-state index contributed by atoms with van der Waals surface area (Å²) in [4.78, 5) is 0. The van der Waals surface area contributed by atoms with E-state index in [2.05, 4.69) is 0 Å². The summed E-state index contributed by atoms with van der Waals surface area (Å²) in [6, 6.07) is 18.0. The second kappa shape index (κ2) is 11.7. The van der Waals surface area contributed by atoms with E-state index in [-0.39, 0.29) is 11.4 Å². The summed E-state index contributed by atoms with van der Waals surface area (Å²) in [5.41, 5.74) is -0.417. The van der Waals surface area contributed by atoms with Crippen molar-refractivity contribution in [1.29, 1.82) is 0 Å². The number of hydrogen-bond donors (Lipinski definition) is 16. The first-order valence-electron chi connectivity index (χ1n) is 17.7. The number of aromatic nitrogens is 3. The Balaban J connectivity index is 1.38. The molecule has 0 spiro atoms. The second-order valence-corrected chi connectivity index (χ2v) is 14.2. The first-order valence-corrected chi connectivity index (χ1v) is 17.7. The van der Waals surface area contributed by atoms with E-state index in [4.69, 9.17) is 0 Å². The number of para-hydroxylation sites is 1. The van der Waals surface area contributed by atoms with E-state index in [1.165, 1.54) is 24.3 Å². The largest absolute Gasteiger partial charge is 0.504 e. The van der Waals surface area contributed by atoms with Crippen molar-refractivity contribution in [2.75, 3.05) is 0 Å². The molecule has 0 bridgehead atoms. The Hall–Kier alpha value is -9.26. The highest BCUT2D eigenvalue weighted by molar-refractivity contribution is 6.23. The predicted molar refractivity (Wildman–Crippen MR) is 216 cm³/mol. The summed E-state index contributed by atoms with van der Waals surface area (Å²) in [6.45, 7) is 0. The Labute approximate surface area is 336 Å². The van der Waals surface area contributed by atoms with Gasteiger partial charge in [0.1, 0.15) is 22.1 Å². The highest BCUT2D eigenvalue weighted by Crippen LogP contribution is 2.61. The molecule has 0 unspecified atom stereocenters. The topological polar surface area (TPSA) is 338 Å². The van der Waals surface area contributed by atoms with E-state index in [1.807, 2.05) is 4.57 Å². The number of fused-ring (bicyclic) bond motifs is 9. The molecule has 10 rings (SSSR count). The van der Waals surface area contributed by atoms with Crippen molar-refractivity contribution in [3.8, 4) is 109 Å². The fraction of sp³-hybridized carbons (Fsp3) is 0. The average molecular weight is 830 g/mol. The lowest BCUT2D eigenvalue weighted by molar-refractivity contribution is 0.350. The van der Waals surface area contributed by atoms with E-state index in [1.54, 1.807) is 42.5 Å². The maximum Gasteiger partial charge on any atom is 0.206 e. The summed E-state index contributed by atoms with van der Waals surface area (Å²) in [5.74, 6) is -18.1. The number of rotatable bonds is 3. The molecule has 10 aromatic rings. The van der Waals surface area contributed by atoms with Gasteiger partial charge < -0.3 is 95.4 Å². The van der Waals surface area contributed by atoms with Gasteiger partial charge in [-0.3, -0.25) is 0 Å². The van der Waals surface area contributed by atoms with Gasteiger partial charge in [0.2, 0.25) is 46.0 Å². The molecule has 61 heavy (non-hydrogen) atoms. The predicted octanol–water partition coefficient (Wildman–Crippen LogP) is 6.27. The van der Waals surface area contributed by atoms with E-state index in [9.17, 15) is 81.7 Å². The molecule has 3 heterocycles. The third-order valence-corrected chi connectivity index (χ3v) is 11.1. The Morgan fingerprint density at radius 2 is 0.525 bits per heavy atom. The molecule has 306 valence electrons. The summed E-state index contributed by atoms with van der Waals surface area (Å²) in [7, 11) is 0. The molecule has 7 aromatic carbocycles. The Morgan fingerprint density at radius 1 is 0.246 bits per heavy atom. The van der Waals surface area contributed by atoms with Crippen LogP contribution in [0.2, 0.25) is 0 Å². The first-order chi connectivity index (χ1) is 29.0. The van der Waals surface area contributed by atoms with Crippen LogP contribution in [-0.4, -0.2) is 95.4 Å². The molecule has 0 fully saturated rings. The van der Waals surface area contributed by atoms with Crippen LogP contribution in [0, 0.1) is 0 Å². The van der Waals surface area contributed by atoms with Gasteiger partial charge in [-0.15, -0.1) is 0 Å². The molecule has 3 aromatic heterocycles. The molecule has 16 N–H and O–H groups in total. The summed E-state index contributed by atoms with van der Waals surface area (Å²) >= 11 is 0. The van der Waals surface area contributed by atoms with Gasteiger partial charge >= 0.3 is 0 Å². The van der Waals surface area contributed by atoms with Crippen molar-refractivity contribution in [3.63, 3.8) is 0 Å². The van der Waals surface area contributed by atoms with Crippen molar-refractivity contribution in [1.82, 2.24) is 13.7 Å². The minimum atomic E-state index is -1.21. The molecule has 0 amide bonds. The normalized spacial score (nSPS) is 12.0. The van der Waals surface area contributed by atoms with Crippen LogP contribution in [-0.2, 0) is 0 Å². The quantitative estimate of drug-likeness (QED) is 0.0689. The Kier molecular flexibility index (Phi) is 6.90. The lowest BCUT2D eigenvalue weighted by atomic mass is 10.1. The maximum absolute atomic E-state index is 11.3. The minimum Gasteiger partial charge on any atom is -0.504 e. The third kappa shape index (κ3) is 4.23. The number of aromatic hydroxyl groups is 16. The molecule has 0 radical (unpaired) electrons. The van der Waals surface area contributed by atoms with Crippen LogP contribution in [0.5, 0.6) is 92.0 Å². The van der Waals surface area contributed by atoms with Gasteiger partial charge in [-0.1, -0.05) is 18.2 Å². The lowest BCUT2D eigenvalue weighted by Crippen LogP contribution is -1.97. The number of phenols is 16. The SMILES string of the molecule is Oc1c(O)c(O)c2c(c1O)c1c(O)c(O)c(O)c(O)c1n2-c1ccc2c(c1)c1cc(-n3c4c(O)c(O)c(O)c(O)c4c4c(O)c(O)c(O)c(O)c43)ccc1n2-c1ccccc1. The molecular formula is C42H27N3O16. The highest BCUT2D eigenvalue weighted by atomic mass is 16.4. The third-order valence-electron chi connectivity index (χ3n) is 11.1. The average Bonchev–Trinajstić information content (AvgIpc) is 3.93. The molecular weight excluding hydrogens is 802 g/mol. The van der Waals surface area contributed by atoms with Crippen LogP contribution in [0.1, 0.15) is 0 Å². The monoisotopic (exact) mass is 829 g/mol. The van der Waals surface area contributed by atoms with Gasteiger partial charge in [0.05, 0.1) is 32.6 Å². The molecule has 19 nitrogen and oxygen atoms in total. The zero-order valence-electron chi connectivity index (χ0n) is 30.3. The van der Waals surface area contributed by atoms with Crippen LogP contribution >= 0.6 is 0 Å². The van der Waals surface area contributed by atoms with Crippen molar-refractivity contribution in [2.45, 2.75) is 0 Å². The van der Waals surface area contributed by atoms with Crippen molar-refractivity contribution >= 4 is 65.4 Å². The van der Waals surface area contributed by atoms with Crippen LogP contribution < -0.4 is 0 Å². The Morgan fingerprint density at radius 3 is 0.820 bits per heavy atom. The highest BCUT2D eigenvalue weighted by Gasteiger charge is 2.34. The molecule has 0 aliphatic rings. The van der Waals surface area contributed by atoms with Crippen LogP contribution in [0.3, 0.4) is 0 Å². The van der Waals surface area contributed by atoms with Gasteiger partial charge in [-0.2, -0.15) is 0 Å². The van der Waals surface area contributed by atoms with Gasteiger partial charge in [-0.05, 0) is 48.5 Å². The smallest absolute Gasteiger partial charge is 0.206 e. The maximum atomic E-state index is 11.3. The molecule has 19 heteroatoms. The minimum absolute atomic E-state index is 0.00684. The van der Waals surface area contributed by atoms with Gasteiger partial charge in [0.15, 0.2) is 46.0 Å². The van der Waals surface area contributed by atoms with Crippen molar-refractivity contribution in [3.05, 3.63) is 66.7 Å². The molecule has 0 atom stereocenters. The number of nitrogens with zero attached hydrogens (tertiary/aromatic N) is 3. The summed E-state index contributed by atoms with van der Waals surface area (Å²) < 4.78 is 3.87. The molecule has 0 aliphatic heterocycles. The fourth-order valence-corrected chi connectivity index (χ4v) is 8.43. The van der Waals surface area contributed by atoms with Gasteiger partial charge in [0.25, 0.3) is 0 Å². The second-order valence-electron chi connectivity index (χ2n) is 14.2. The van der Waals surface area contributed by atoms with Gasteiger partial charge in [-0.25, -0.2) is 0 Å². The number of benzene rings is 7. The van der Waals surface area contributed by atoms with E-state index >= 15 is 0 Å². The molecule has 0 saturated heterocycles. The first kappa shape index (κ1) is 36.1. The number of hydrogen-bond acceptors (Lipinski definition) is 16.